The lowest BCUT2D eigenvalue weighted by molar-refractivity contribution is 0.138. The molecule has 0 unspecified atom stereocenters. The second-order valence-corrected chi connectivity index (χ2v) is 10.2. The zero-order chi connectivity index (χ0) is 19.7. The minimum Gasteiger partial charge on any atom is -0.296 e. The second-order valence-electron chi connectivity index (χ2n) is 8.33. The van der Waals surface area contributed by atoms with Gasteiger partial charge in [-0.15, -0.1) is 0 Å². The summed E-state index contributed by atoms with van der Waals surface area (Å²) in [6.45, 7) is 11.1. The summed E-state index contributed by atoms with van der Waals surface area (Å²) in [6, 6.07) is 11.3. The standard InChI is InChI=1S/C21H29N3O2S/c1-17-15-23(16-18-9-11-22-12-10-18)13-14-24(17)27(25,26)20-7-5-19(6-8-20)21(2,3)4/h5-12,17H,13-16H2,1-4H3/t17-/m1/s1. The number of pyridine rings is 1. The van der Waals surface area contributed by atoms with E-state index in [2.05, 4.69) is 30.7 Å². The molecular weight excluding hydrogens is 358 g/mol. The molecular formula is C21H29N3O2S. The molecule has 0 saturated carbocycles. The summed E-state index contributed by atoms with van der Waals surface area (Å²) in [6.07, 6.45) is 3.58. The maximum Gasteiger partial charge on any atom is 0.243 e. The smallest absolute Gasteiger partial charge is 0.243 e. The van der Waals surface area contributed by atoms with E-state index in [1.54, 1.807) is 28.8 Å². The van der Waals surface area contributed by atoms with Crippen LogP contribution >= 0.6 is 0 Å². The number of hydrogen-bond acceptors (Lipinski definition) is 4. The second kappa shape index (κ2) is 7.70. The number of piperazine rings is 1. The molecule has 1 aromatic heterocycles. The van der Waals surface area contributed by atoms with Crippen LogP contribution in [0.4, 0.5) is 0 Å². The fourth-order valence-corrected chi connectivity index (χ4v) is 5.14. The molecule has 2 heterocycles. The summed E-state index contributed by atoms with van der Waals surface area (Å²) in [4.78, 5) is 6.73. The van der Waals surface area contributed by atoms with E-state index < -0.39 is 10.0 Å². The molecule has 0 spiro atoms. The molecule has 2 aromatic rings. The lowest BCUT2D eigenvalue weighted by Crippen LogP contribution is -2.53. The van der Waals surface area contributed by atoms with Crippen LogP contribution in [0.3, 0.4) is 0 Å². The Morgan fingerprint density at radius 3 is 2.22 bits per heavy atom. The maximum absolute atomic E-state index is 13.1. The van der Waals surface area contributed by atoms with Crippen LogP contribution in [0.25, 0.3) is 0 Å². The summed E-state index contributed by atoms with van der Waals surface area (Å²) in [5.74, 6) is 0. The van der Waals surface area contributed by atoms with E-state index in [1.807, 2.05) is 31.2 Å². The average molecular weight is 388 g/mol. The molecule has 5 nitrogen and oxygen atoms in total. The van der Waals surface area contributed by atoms with Crippen molar-refractivity contribution < 1.29 is 8.42 Å². The van der Waals surface area contributed by atoms with Gasteiger partial charge in [0, 0.05) is 44.6 Å². The molecule has 1 fully saturated rings. The Bertz CT molecular complexity index is 859. The van der Waals surface area contributed by atoms with Gasteiger partial charge in [0.2, 0.25) is 10.0 Å². The Morgan fingerprint density at radius 1 is 1.04 bits per heavy atom. The quantitative estimate of drug-likeness (QED) is 0.808. The molecule has 1 saturated heterocycles. The van der Waals surface area contributed by atoms with Crippen molar-refractivity contribution in [3.8, 4) is 0 Å². The number of benzene rings is 1. The first-order valence-electron chi connectivity index (χ1n) is 9.41. The van der Waals surface area contributed by atoms with Crippen LogP contribution in [0.1, 0.15) is 38.8 Å². The minimum absolute atomic E-state index is 0.00810. The van der Waals surface area contributed by atoms with Crippen molar-refractivity contribution in [3.63, 3.8) is 0 Å². The highest BCUT2D eigenvalue weighted by Crippen LogP contribution is 2.26. The van der Waals surface area contributed by atoms with Crippen molar-refractivity contribution in [3.05, 3.63) is 59.9 Å². The van der Waals surface area contributed by atoms with Gasteiger partial charge in [-0.05, 0) is 47.7 Å². The van der Waals surface area contributed by atoms with Gasteiger partial charge < -0.3 is 0 Å². The van der Waals surface area contributed by atoms with E-state index in [0.717, 1.165) is 25.2 Å². The monoisotopic (exact) mass is 387 g/mol. The van der Waals surface area contributed by atoms with Crippen molar-refractivity contribution in [2.24, 2.45) is 0 Å². The highest BCUT2D eigenvalue weighted by Gasteiger charge is 2.33. The number of nitrogens with zero attached hydrogens (tertiary/aromatic N) is 3. The van der Waals surface area contributed by atoms with Crippen LogP contribution in [0, 0.1) is 0 Å². The van der Waals surface area contributed by atoms with Gasteiger partial charge in [0.25, 0.3) is 0 Å². The van der Waals surface area contributed by atoms with Gasteiger partial charge in [-0.3, -0.25) is 9.88 Å². The van der Waals surface area contributed by atoms with Crippen LogP contribution in [-0.4, -0.2) is 48.3 Å². The van der Waals surface area contributed by atoms with Gasteiger partial charge in [-0.1, -0.05) is 32.9 Å². The summed E-state index contributed by atoms with van der Waals surface area (Å²) in [5, 5.41) is 0. The van der Waals surface area contributed by atoms with Crippen LogP contribution in [0.2, 0.25) is 0 Å². The van der Waals surface area contributed by atoms with Crippen molar-refractivity contribution in [2.45, 2.75) is 50.6 Å². The summed E-state index contributed by atoms with van der Waals surface area (Å²) in [7, 11) is -3.47. The topological polar surface area (TPSA) is 53.5 Å². The van der Waals surface area contributed by atoms with Crippen LogP contribution < -0.4 is 0 Å². The Kier molecular flexibility index (Phi) is 5.70. The number of hydrogen-bond donors (Lipinski definition) is 0. The van der Waals surface area contributed by atoms with Gasteiger partial charge in [0.05, 0.1) is 4.90 Å². The largest absolute Gasteiger partial charge is 0.296 e. The number of aromatic nitrogens is 1. The van der Waals surface area contributed by atoms with Gasteiger partial charge in [0.1, 0.15) is 0 Å². The van der Waals surface area contributed by atoms with E-state index in [1.165, 1.54) is 5.56 Å². The third-order valence-corrected chi connectivity index (χ3v) is 7.16. The summed E-state index contributed by atoms with van der Waals surface area (Å²) >= 11 is 0. The average Bonchev–Trinajstić information content (AvgIpc) is 2.62. The van der Waals surface area contributed by atoms with E-state index in [-0.39, 0.29) is 11.5 Å². The molecule has 1 aliphatic rings. The molecule has 1 aliphatic heterocycles. The van der Waals surface area contributed by atoms with Crippen molar-refractivity contribution in [1.82, 2.24) is 14.2 Å². The van der Waals surface area contributed by atoms with Crippen molar-refractivity contribution in [1.29, 1.82) is 0 Å². The first-order valence-corrected chi connectivity index (χ1v) is 10.9. The Labute approximate surface area is 163 Å². The third-order valence-electron chi connectivity index (χ3n) is 5.13. The first-order chi connectivity index (χ1) is 12.7. The first kappa shape index (κ1) is 20.0. The Balaban J connectivity index is 1.71. The molecule has 1 atom stereocenters. The molecule has 0 amide bonds. The Hall–Kier alpha value is -1.76. The number of rotatable bonds is 4. The summed E-state index contributed by atoms with van der Waals surface area (Å²) < 4.78 is 27.9. The molecule has 27 heavy (non-hydrogen) atoms. The third kappa shape index (κ3) is 4.57. The number of sulfonamides is 1. The lowest BCUT2D eigenvalue weighted by atomic mass is 9.87. The SMILES string of the molecule is C[C@@H]1CN(Cc2ccncc2)CCN1S(=O)(=O)c1ccc(C(C)(C)C)cc1. The van der Waals surface area contributed by atoms with E-state index in [4.69, 9.17) is 0 Å². The molecule has 0 aliphatic carbocycles. The van der Waals surface area contributed by atoms with Gasteiger partial charge >= 0.3 is 0 Å². The van der Waals surface area contributed by atoms with Crippen LogP contribution in [-0.2, 0) is 22.0 Å². The van der Waals surface area contributed by atoms with E-state index in [9.17, 15) is 8.42 Å². The van der Waals surface area contributed by atoms with Crippen molar-refractivity contribution in [2.75, 3.05) is 19.6 Å². The molecule has 0 bridgehead atoms. The minimum atomic E-state index is -3.47. The highest BCUT2D eigenvalue weighted by molar-refractivity contribution is 7.89. The molecule has 0 radical (unpaired) electrons. The molecule has 6 heteroatoms. The normalized spacial score (nSPS) is 19.9. The van der Waals surface area contributed by atoms with Gasteiger partial charge in [0.15, 0.2) is 0 Å². The predicted octanol–water partition coefficient (Wildman–Crippen LogP) is 3.27. The van der Waals surface area contributed by atoms with E-state index in [0.29, 0.717) is 11.4 Å². The molecule has 146 valence electrons. The van der Waals surface area contributed by atoms with Gasteiger partial charge in [-0.25, -0.2) is 8.42 Å². The fraction of sp³-hybridized carbons (Fsp3) is 0.476. The highest BCUT2D eigenvalue weighted by atomic mass is 32.2. The zero-order valence-electron chi connectivity index (χ0n) is 16.6. The summed E-state index contributed by atoms with van der Waals surface area (Å²) in [5.41, 5.74) is 2.34. The van der Waals surface area contributed by atoms with Gasteiger partial charge in [-0.2, -0.15) is 4.31 Å². The zero-order valence-corrected chi connectivity index (χ0v) is 17.4. The molecule has 0 N–H and O–H groups in total. The molecule has 3 rings (SSSR count). The van der Waals surface area contributed by atoms with Crippen LogP contribution in [0.5, 0.6) is 0 Å². The lowest BCUT2D eigenvalue weighted by Gasteiger charge is -2.39. The van der Waals surface area contributed by atoms with Crippen molar-refractivity contribution >= 4 is 10.0 Å². The van der Waals surface area contributed by atoms with E-state index >= 15 is 0 Å². The maximum atomic E-state index is 13.1. The Morgan fingerprint density at radius 2 is 1.67 bits per heavy atom. The fourth-order valence-electron chi connectivity index (χ4n) is 3.53. The predicted molar refractivity (Wildman–Crippen MR) is 108 cm³/mol. The molecule has 1 aromatic carbocycles. The van der Waals surface area contributed by atoms with Crippen LogP contribution in [0.15, 0.2) is 53.7 Å².